The number of aryl methyl sites for hydroxylation is 1. The zero-order valence-electron chi connectivity index (χ0n) is 12.7. The van der Waals surface area contributed by atoms with Crippen molar-refractivity contribution in [2.45, 2.75) is 19.8 Å². The number of fused-ring (bicyclic) bond motifs is 1. The molecule has 6 heteroatoms. The highest BCUT2D eigenvalue weighted by Crippen LogP contribution is 2.28. The van der Waals surface area contributed by atoms with Crippen molar-refractivity contribution in [3.8, 4) is 0 Å². The first-order valence-corrected chi connectivity index (χ1v) is 7.81. The van der Waals surface area contributed by atoms with Crippen molar-refractivity contribution in [3.05, 3.63) is 39.4 Å². The summed E-state index contributed by atoms with van der Waals surface area (Å²) in [6.07, 6.45) is 2.07. The summed E-state index contributed by atoms with van der Waals surface area (Å²) in [5, 5.41) is 14.3. The Labute approximate surface area is 129 Å². The molecule has 0 aliphatic carbocycles. The molecular weight excluding hydrogens is 282 g/mol. The predicted octanol–water partition coefficient (Wildman–Crippen LogP) is 1.97. The third-order valence-corrected chi connectivity index (χ3v) is 4.95. The Hall–Kier alpha value is -1.95. The van der Waals surface area contributed by atoms with Crippen LogP contribution in [0.25, 0.3) is 0 Å². The molecule has 118 valence electrons. The SMILES string of the molecule is Cc1cc(C(=O)N2CC[C@@H]3CNC[C@@H]3CC2)ccc1[N+](=O)[O-]. The minimum Gasteiger partial charge on any atom is -0.339 e. The number of carbonyl (C=O) groups excluding carboxylic acids is 1. The monoisotopic (exact) mass is 303 g/mol. The zero-order valence-corrected chi connectivity index (χ0v) is 12.7. The standard InChI is InChI=1S/C16H21N3O3/c1-11-8-12(2-3-15(11)19(21)22)16(20)18-6-4-13-9-17-10-14(13)5-7-18/h2-3,8,13-14,17H,4-7,9-10H2,1H3/t13-,14+. The van der Waals surface area contributed by atoms with Crippen LogP contribution >= 0.6 is 0 Å². The van der Waals surface area contributed by atoms with Gasteiger partial charge in [-0.1, -0.05) is 0 Å². The molecule has 6 nitrogen and oxygen atoms in total. The molecule has 3 rings (SSSR count). The zero-order chi connectivity index (χ0) is 15.7. The second kappa shape index (κ2) is 6.04. The summed E-state index contributed by atoms with van der Waals surface area (Å²) in [6.45, 7) is 5.34. The third-order valence-electron chi connectivity index (χ3n) is 4.95. The molecule has 0 aromatic heterocycles. The van der Waals surface area contributed by atoms with Gasteiger partial charge in [0.05, 0.1) is 4.92 Å². The molecule has 22 heavy (non-hydrogen) atoms. The lowest BCUT2D eigenvalue weighted by Gasteiger charge is -2.21. The molecular formula is C16H21N3O3. The number of benzene rings is 1. The van der Waals surface area contributed by atoms with Crippen molar-refractivity contribution in [3.63, 3.8) is 0 Å². The molecule has 0 radical (unpaired) electrons. The van der Waals surface area contributed by atoms with Crippen molar-refractivity contribution in [2.75, 3.05) is 26.2 Å². The maximum absolute atomic E-state index is 12.6. The molecule has 2 aliphatic heterocycles. The lowest BCUT2D eigenvalue weighted by Crippen LogP contribution is -2.32. The smallest absolute Gasteiger partial charge is 0.272 e. The number of nitro benzene ring substituents is 1. The van der Waals surface area contributed by atoms with Crippen LogP contribution in [-0.2, 0) is 0 Å². The van der Waals surface area contributed by atoms with Crippen molar-refractivity contribution >= 4 is 11.6 Å². The fourth-order valence-corrected chi connectivity index (χ4v) is 3.60. The van der Waals surface area contributed by atoms with E-state index in [4.69, 9.17) is 0 Å². The molecule has 2 saturated heterocycles. The van der Waals surface area contributed by atoms with Crippen LogP contribution in [0.15, 0.2) is 18.2 Å². The van der Waals surface area contributed by atoms with Gasteiger partial charge in [-0.05, 0) is 56.8 Å². The molecule has 2 heterocycles. The molecule has 1 aromatic rings. The predicted molar refractivity (Wildman–Crippen MR) is 82.8 cm³/mol. The van der Waals surface area contributed by atoms with Crippen molar-refractivity contribution in [1.29, 1.82) is 0 Å². The summed E-state index contributed by atoms with van der Waals surface area (Å²) in [7, 11) is 0. The molecule has 2 fully saturated rings. The Morgan fingerprint density at radius 3 is 2.45 bits per heavy atom. The van der Waals surface area contributed by atoms with E-state index >= 15 is 0 Å². The third kappa shape index (κ3) is 2.83. The summed E-state index contributed by atoms with van der Waals surface area (Å²) in [4.78, 5) is 25.0. The van der Waals surface area contributed by atoms with Crippen LogP contribution in [-0.4, -0.2) is 41.9 Å². The molecule has 0 saturated carbocycles. The van der Waals surface area contributed by atoms with E-state index in [1.165, 1.54) is 6.07 Å². The maximum atomic E-state index is 12.6. The Morgan fingerprint density at radius 2 is 1.91 bits per heavy atom. The van der Waals surface area contributed by atoms with Gasteiger partial charge in [0.15, 0.2) is 0 Å². The quantitative estimate of drug-likeness (QED) is 0.669. The average Bonchev–Trinajstić information content (AvgIpc) is 2.85. The van der Waals surface area contributed by atoms with E-state index in [9.17, 15) is 14.9 Å². The number of nitrogens with one attached hydrogen (secondary N) is 1. The molecule has 0 bridgehead atoms. The van der Waals surface area contributed by atoms with Crippen molar-refractivity contribution in [2.24, 2.45) is 11.8 Å². The minimum atomic E-state index is -0.413. The van der Waals surface area contributed by atoms with Crippen LogP contribution in [0.4, 0.5) is 5.69 Å². The van der Waals surface area contributed by atoms with E-state index in [2.05, 4.69) is 5.32 Å². The fourth-order valence-electron chi connectivity index (χ4n) is 3.60. The highest BCUT2D eigenvalue weighted by molar-refractivity contribution is 5.94. The molecule has 0 unspecified atom stereocenters. The molecule has 2 atom stereocenters. The van der Waals surface area contributed by atoms with Gasteiger partial charge in [-0.3, -0.25) is 14.9 Å². The highest BCUT2D eigenvalue weighted by atomic mass is 16.6. The Morgan fingerprint density at radius 1 is 1.27 bits per heavy atom. The number of carbonyl (C=O) groups is 1. The van der Waals surface area contributed by atoms with Gasteiger partial charge in [0.25, 0.3) is 11.6 Å². The van der Waals surface area contributed by atoms with Gasteiger partial charge < -0.3 is 10.2 Å². The summed E-state index contributed by atoms with van der Waals surface area (Å²) in [5.41, 5.74) is 1.15. The first-order valence-electron chi connectivity index (χ1n) is 7.81. The van der Waals surface area contributed by atoms with Gasteiger partial charge in [0.2, 0.25) is 0 Å². The number of hydrogen-bond donors (Lipinski definition) is 1. The van der Waals surface area contributed by atoms with Crippen LogP contribution in [0, 0.1) is 28.9 Å². The molecule has 1 aromatic carbocycles. The van der Waals surface area contributed by atoms with E-state index in [0.29, 0.717) is 23.0 Å². The normalized spacial score (nSPS) is 24.7. The van der Waals surface area contributed by atoms with Crippen molar-refractivity contribution < 1.29 is 9.72 Å². The molecule has 1 amide bonds. The second-order valence-corrected chi connectivity index (χ2v) is 6.31. The molecule has 2 aliphatic rings. The number of nitrogens with zero attached hydrogens (tertiary/aromatic N) is 2. The van der Waals surface area contributed by atoms with E-state index in [1.54, 1.807) is 19.1 Å². The van der Waals surface area contributed by atoms with Crippen molar-refractivity contribution in [1.82, 2.24) is 10.2 Å². The molecule has 1 N–H and O–H groups in total. The van der Waals surface area contributed by atoms with E-state index in [1.807, 2.05) is 4.90 Å². The summed E-state index contributed by atoms with van der Waals surface area (Å²) >= 11 is 0. The van der Waals surface area contributed by atoms with E-state index < -0.39 is 4.92 Å². The van der Waals surface area contributed by atoms with Gasteiger partial charge in [-0.2, -0.15) is 0 Å². The number of amides is 1. The average molecular weight is 303 g/mol. The van der Waals surface area contributed by atoms with Gasteiger partial charge in [0.1, 0.15) is 0 Å². The van der Waals surface area contributed by atoms with Crippen LogP contribution in [0.3, 0.4) is 0 Å². The van der Waals surface area contributed by atoms with Gasteiger partial charge in [-0.15, -0.1) is 0 Å². The first kappa shape index (κ1) is 15.0. The van der Waals surface area contributed by atoms with Gasteiger partial charge in [0, 0.05) is 30.3 Å². The van der Waals surface area contributed by atoms with Crippen LogP contribution in [0.5, 0.6) is 0 Å². The number of hydrogen-bond acceptors (Lipinski definition) is 4. The van der Waals surface area contributed by atoms with Gasteiger partial charge >= 0.3 is 0 Å². The van der Waals surface area contributed by atoms with E-state index in [0.717, 1.165) is 39.0 Å². The lowest BCUT2D eigenvalue weighted by molar-refractivity contribution is -0.385. The lowest BCUT2D eigenvalue weighted by atomic mass is 9.92. The van der Waals surface area contributed by atoms with Crippen LogP contribution in [0.2, 0.25) is 0 Å². The summed E-state index contributed by atoms with van der Waals surface area (Å²) < 4.78 is 0. The summed E-state index contributed by atoms with van der Waals surface area (Å²) in [5.74, 6) is 1.35. The number of likely N-dealkylation sites (tertiary alicyclic amines) is 1. The van der Waals surface area contributed by atoms with E-state index in [-0.39, 0.29) is 11.6 Å². The highest BCUT2D eigenvalue weighted by Gasteiger charge is 2.31. The number of rotatable bonds is 2. The minimum absolute atomic E-state index is 0.00840. The Kier molecular flexibility index (Phi) is 4.11. The second-order valence-electron chi connectivity index (χ2n) is 6.31. The topological polar surface area (TPSA) is 75.5 Å². The fraction of sp³-hybridized carbons (Fsp3) is 0.562. The summed E-state index contributed by atoms with van der Waals surface area (Å²) in [6, 6.07) is 4.63. The largest absolute Gasteiger partial charge is 0.339 e. The van der Waals surface area contributed by atoms with Crippen LogP contribution < -0.4 is 5.32 Å². The maximum Gasteiger partial charge on any atom is 0.272 e. The Bertz CT molecular complexity index is 588. The first-order chi connectivity index (χ1) is 10.6. The van der Waals surface area contributed by atoms with Crippen LogP contribution in [0.1, 0.15) is 28.8 Å². The van der Waals surface area contributed by atoms with Gasteiger partial charge in [-0.25, -0.2) is 0 Å². The Balaban J connectivity index is 1.73. The molecule has 0 spiro atoms. The number of nitro groups is 1.